The first-order valence-corrected chi connectivity index (χ1v) is 7.58. The van der Waals surface area contributed by atoms with Crippen molar-refractivity contribution in [2.75, 3.05) is 0 Å². The average molecular weight is 432 g/mol. The van der Waals surface area contributed by atoms with Gasteiger partial charge in [0.2, 0.25) is 0 Å². The third-order valence-electron chi connectivity index (χ3n) is 3.90. The van der Waals surface area contributed by atoms with Crippen molar-refractivity contribution in [3.05, 3.63) is 35.9 Å². The monoisotopic (exact) mass is 432 g/mol. The van der Waals surface area contributed by atoms with E-state index in [9.17, 15) is 19.8 Å². The van der Waals surface area contributed by atoms with Crippen molar-refractivity contribution in [3.63, 3.8) is 0 Å². The van der Waals surface area contributed by atoms with Gasteiger partial charge >= 0.3 is 60.8 Å². The Kier molecular flexibility index (Phi) is 11.2. The second-order valence-electron chi connectivity index (χ2n) is 5.40. The summed E-state index contributed by atoms with van der Waals surface area (Å²) in [6.45, 7) is 2.13. The smallest absolute Gasteiger partial charge is 1.00 e. The SMILES string of the molecule is CCCCCCCCC(C(=O)O)(C(=O)O)c1ccccc1.[Ba+2].[H-].[H-]. The van der Waals surface area contributed by atoms with Crippen molar-refractivity contribution in [1.82, 2.24) is 0 Å². The van der Waals surface area contributed by atoms with E-state index in [0.29, 0.717) is 12.0 Å². The van der Waals surface area contributed by atoms with Crippen LogP contribution >= 0.6 is 0 Å². The summed E-state index contributed by atoms with van der Waals surface area (Å²) in [5.74, 6) is -2.57. The molecule has 0 bridgehead atoms. The van der Waals surface area contributed by atoms with E-state index >= 15 is 0 Å². The van der Waals surface area contributed by atoms with E-state index in [1.807, 2.05) is 0 Å². The minimum Gasteiger partial charge on any atom is -1.00 e. The number of aliphatic carboxylic acids is 2. The molecule has 0 atom stereocenters. The van der Waals surface area contributed by atoms with Crippen molar-refractivity contribution >= 4 is 60.8 Å². The molecule has 0 fully saturated rings. The Hall–Kier alpha value is -0.269. The molecule has 0 aromatic heterocycles. The van der Waals surface area contributed by atoms with Gasteiger partial charge in [0.1, 0.15) is 0 Å². The Balaban J connectivity index is -0.00000147. The number of carbonyl (C=O) groups is 2. The summed E-state index contributed by atoms with van der Waals surface area (Å²) in [5.41, 5.74) is -1.48. The van der Waals surface area contributed by atoms with Crippen molar-refractivity contribution < 1.29 is 22.7 Å². The Morgan fingerprint density at radius 2 is 1.45 bits per heavy atom. The number of unbranched alkanes of at least 4 members (excludes halogenated alkanes) is 5. The quantitative estimate of drug-likeness (QED) is 0.337. The molecule has 0 amide bonds. The zero-order valence-electron chi connectivity index (χ0n) is 15.3. The van der Waals surface area contributed by atoms with Gasteiger partial charge < -0.3 is 13.1 Å². The minimum absolute atomic E-state index is 0. The fourth-order valence-electron chi connectivity index (χ4n) is 2.59. The van der Waals surface area contributed by atoms with E-state index in [-0.39, 0.29) is 58.2 Å². The summed E-state index contributed by atoms with van der Waals surface area (Å²) in [6, 6.07) is 8.27. The third-order valence-corrected chi connectivity index (χ3v) is 3.90. The number of hydrogen-bond donors (Lipinski definition) is 2. The molecule has 2 N–H and O–H groups in total. The molecule has 1 aromatic carbocycles. The van der Waals surface area contributed by atoms with Crippen LogP contribution in [0, 0.1) is 0 Å². The fraction of sp³-hybridized carbons (Fsp3) is 0.529. The average Bonchev–Trinajstić information content (AvgIpc) is 2.47. The van der Waals surface area contributed by atoms with E-state index in [1.165, 1.54) is 6.42 Å². The van der Waals surface area contributed by atoms with Crippen molar-refractivity contribution in [2.45, 2.75) is 57.3 Å². The van der Waals surface area contributed by atoms with Gasteiger partial charge in [-0.25, -0.2) is 0 Å². The molecule has 0 unspecified atom stereocenters. The van der Waals surface area contributed by atoms with E-state index in [1.54, 1.807) is 30.3 Å². The van der Waals surface area contributed by atoms with Crippen LogP contribution < -0.4 is 0 Å². The summed E-state index contributed by atoms with van der Waals surface area (Å²) in [4.78, 5) is 23.3. The molecule has 1 aromatic rings. The van der Waals surface area contributed by atoms with Crippen LogP contribution in [0.1, 0.15) is 60.3 Å². The van der Waals surface area contributed by atoms with Gasteiger partial charge in [0.05, 0.1) is 0 Å². The molecule has 0 saturated carbocycles. The zero-order chi connectivity index (χ0) is 15.7. The van der Waals surface area contributed by atoms with Crippen LogP contribution in [0.4, 0.5) is 0 Å². The van der Waals surface area contributed by atoms with Gasteiger partial charge in [0.15, 0.2) is 5.41 Å². The predicted molar refractivity (Wildman–Crippen MR) is 89.4 cm³/mol. The molecule has 120 valence electrons. The van der Waals surface area contributed by atoms with Gasteiger partial charge in [-0.05, 0) is 12.0 Å². The van der Waals surface area contributed by atoms with Crippen molar-refractivity contribution in [1.29, 1.82) is 0 Å². The molecule has 0 saturated heterocycles. The molecular weight excluding hydrogens is 406 g/mol. The second-order valence-corrected chi connectivity index (χ2v) is 5.40. The third kappa shape index (κ3) is 5.74. The molecule has 4 nitrogen and oxygen atoms in total. The molecule has 5 heteroatoms. The Morgan fingerprint density at radius 3 is 1.95 bits per heavy atom. The maximum Gasteiger partial charge on any atom is 2.00 e. The molecule has 1 rings (SSSR count). The van der Waals surface area contributed by atoms with Gasteiger partial charge in [-0.1, -0.05) is 75.8 Å². The Morgan fingerprint density at radius 1 is 0.955 bits per heavy atom. The molecule has 0 aliphatic rings. The van der Waals surface area contributed by atoms with Gasteiger partial charge in [0.25, 0.3) is 0 Å². The Bertz CT molecular complexity index is 455. The molecular formula is C17H26BaO4. The minimum atomic E-state index is -1.83. The van der Waals surface area contributed by atoms with Crippen LogP contribution in [0.15, 0.2) is 30.3 Å². The maximum atomic E-state index is 11.6. The van der Waals surface area contributed by atoms with Crippen LogP contribution in [0.25, 0.3) is 0 Å². The van der Waals surface area contributed by atoms with E-state index in [4.69, 9.17) is 0 Å². The number of hydrogen-bond acceptors (Lipinski definition) is 2. The number of carboxylic acid groups (broad SMARTS) is 2. The van der Waals surface area contributed by atoms with Crippen LogP contribution in [-0.2, 0) is 15.0 Å². The van der Waals surface area contributed by atoms with E-state index in [2.05, 4.69) is 6.92 Å². The molecule has 0 spiro atoms. The van der Waals surface area contributed by atoms with E-state index in [0.717, 1.165) is 25.7 Å². The molecule has 0 radical (unpaired) electrons. The molecule has 0 heterocycles. The molecule has 0 aliphatic heterocycles. The van der Waals surface area contributed by atoms with Crippen molar-refractivity contribution in [2.24, 2.45) is 0 Å². The standard InChI is InChI=1S/C17H24O4.Ba.2H/c1-2-3-4-5-6-10-13-17(15(18)19,16(20)21)14-11-8-7-9-12-14;;;/h7-9,11-12H,2-6,10,13H2,1H3,(H,18,19)(H,20,21);;;/q;+2;2*-1. The Labute approximate surface area is 175 Å². The number of carboxylic acids is 2. The maximum absolute atomic E-state index is 11.6. The van der Waals surface area contributed by atoms with Crippen LogP contribution in [-0.4, -0.2) is 71.0 Å². The summed E-state index contributed by atoms with van der Waals surface area (Å²) >= 11 is 0. The normalized spacial score (nSPS) is 10.8. The number of benzene rings is 1. The second kappa shape index (κ2) is 11.3. The summed E-state index contributed by atoms with van der Waals surface area (Å²) < 4.78 is 0. The van der Waals surface area contributed by atoms with Crippen LogP contribution in [0.3, 0.4) is 0 Å². The van der Waals surface area contributed by atoms with Gasteiger partial charge in [-0.3, -0.25) is 9.59 Å². The van der Waals surface area contributed by atoms with Gasteiger partial charge in [-0.15, -0.1) is 0 Å². The van der Waals surface area contributed by atoms with E-state index < -0.39 is 17.4 Å². The first-order valence-electron chi connectivity index (χ1n) is 7.58. The summed E-state index contributed by atoms with van der Waals surface area (Å²) in [5, 5.41) is 19.0. The summed E-state index contributed by atoms with van der Waals surface area (Å²) in [6.07, 6.45) is 6.08. The first kappa shape index (κ1) is 21.7. The summed E-state index contributed by atoms with van der Waals surface area (Å²) in [7, 11) is 0. The fourth-order valence-corrected chi connectivity index (χ4v) is 2.59. The zero-order valence-corrected chi connectivity index (χ0v) is 17.7. The predicted octanol–water partition coefficient (Wildman–Crippen LogP) is 3.69. The first-order chi connectivity index (χ1) is 10.1. The molecule has 22 heavy (non-hydrogen) atoms. The molecule has 0 aliphatic carbocycles. The largest absolute Gasteiger partial charge is 2.00 e. The topological polar surface area (TPSA) is 74.6 Å². The van der Waals surface area contributed by atoms with Gasteiger partial charge in [-0.2, -0.15) is 0 Å². The van der Waals surface area contributed by atoms with Crippen molar-refractivity contribution in [3.8, 4) is 0 Å². The van der Waals surface area contributed by atoms with Crippen LogP contribution in [0.2, 0.25) is 0 Å². The number of rotatable bonds is 10. The van der Waals surface area contributed by atoms with Gasteiger partial charge in [0, 0.05) is 0 Å². The van der Waals surface area contributed by atoms with Crippen LogP contribution in [0.5, 0.6) is 0 Å².